The molecular formula is C16H14N2O2. The number of rotatable bonds is 3. The fourth-order valence-electron chi connectivity index (χ4n) is 1.89. The number of nitrogens with zero attached hydrogens (tertiary/aromatic N) is 2. The standard InChI is InChI=1S/C16H14N2O2/c1-18(14-6-2-5-13(8-14)11-17)16(20)10-12-4-3-7-15(19)9-12/h2-9,19H,10H2,1H3. The second-order valence-corrected chi connectivity index (χ2v) is 4.46. The molecule has 0 aliphatic heterocycles. The van der Waals surface area contributed by atoms with Gasteiger partial charge in [-0.3, -0.25) is 4.79 Å². The molecule has 0 atom stereocenters. The zero-order valence-electron chi connectivity index (χ0n) is 11.1. The molecule has 2 rings (SSSR count). The molecule has 1 N–H and O–H groups in total. The molecule has 20 heavy (non-hydrogen) atoms. The number of hydrogen-bond donors (Lipinski definition) is 1. The van der Waals surface area contributed by atoms with Gasteiger partial charge in [-0.05, 0) is 35.9 Å². The SMILES string of the molecule is CN(C(=O)Cc1cccc(O)c1)c1cccc(C#N)c1. The van der Waals surface area contributed by atoms with Gasteiger partial charge in [0, 0.05) is 12.7 Å². The molecule has 4 heteroatoms. The Kier molecular flexibility index (Phi) is 4.02. The maximum Gasteiger partial charge on any atom is 0.231 e. The number of nitriles is 1. The Morgan fingerprint density at radius 3 is 2.70 bits per heavy atom. The molecule has 0 radical (unpaired) electrons. The lowest BCUT2D eigenvalue weighted by molar-refractivity contribution is -0.117. The summed E-state index contributed by atoms with van der Waals surface area (Å²) in [5, 5.41) is 18.3. The van der Waals surface area contributed by atoms with Crippen molar-refractivity contribution in [1.82, 2.24) is 0 Å². The first kappa shape index (κ1) is 13.6. The van der Waals surface area contributed by atoms with E-state index >= 15 is 0 Å². The molecule has 0 fully saturated rings. The van der Waals surface area contributed by atoms with E-state index in [1.54, 1.807) is 55.6 Å². The van der Waals surface area contributed by atoms with Crippen LogP contribution in [0.15, 0.2) is 48.5 Å². The molecule has 2 aromatic rings. The number of hydrogen-bond acceptors (Lipinski definition) is 3. The summed E-state index contributed by atoms with van der Waals surface area (Å²) in [6, 6.07) is 15.5. The topological polar surface area (TPSA) is 64.3 Å². The molecule has 0 spiro atoms. The second-order valence-electron chi connectivity index (χ2n) is 4.46. The van der Waals surface area contributed by atoms with E-state index < -0.39 is 0 Å². The van der Waals surface area contributed by atoms with Crippen molar-refractivity contribution in [1.29, 1.82) is 5.26 Å². The van der Waals surface area contributed by atoms with Crippen molar-refractivity contribution < 1.29 is 9.90 Å². The summed E-state index contributed by atoms with van der Waals surface area (Å²) in [4.78, 5) is 13.7. The molecule has 0 bridgehead atoms. The van der Waals surface area contributed by atoms with Gasteiger partial charge >= 0.3 is 0 Å². The Morgan fingerprint density at radius 1 is 1.25 bits per heavy atom. The van der Waals surface area contributed by atoms with Gasteiger partial charge in [-0.1, -0.05) is 18.2 Å². The van der Waals surface area contributed by atoms with Crippen molar-refractivity contribution >= 4 is 11.6 Å². The molecule has 0 saturated carbocycles. The maximum absolute atomic E-state index is 12.2. The van der Waals surface area contributed by atoms with Gasteiger partial charge < -0.3 is 10.0 Å². The minimum absolute atomic E-state index is 0.106. The largest absolute Gasteiger partial charge is 0.508 e. The normalized spacial score (nSPS) is 9.80. The highest BCUT2D eigenvalue weighted by Crippen LogP contribution is 2.17. The first-order chi connectivity index (χ1) is 9.60. The minimum atomic E-state index is -0.106. The zero-order chi connectivity index (χ0) is 14.5. The highest BCUT2D eigenvalue weighted by atomic mass is 16.3. The second kappa shape index (κ2) is 5.89. The van der Waals surface area contributed by atoms with Gasteiger partial charge in [0.15, 0.2) is 0 Å². The van der Waals surface area contributed by atoms with Crippen LogP contribution in [0, 0.1) is 11.3 Å². The summed E-state index contributed by atoms with van der Waals surface area (Å²) in [6.07, 6.45) is 0.196. The number of carbonyl (C=O) groups excluding carboxylic acids is 1. The van der Waals surface area contributed by atoms with Crippen LogP contribution in [0.3, 0.4) is 0 Å². The smallest absolute Gasteiger partial charge is 0.231 e. The van der Waals surface area contributed by atoms with Crippen LogP contribution in [0.4, 0.5) is 5.69 Å². The van der Waals surface area contributed by atoms with Gasteiger partial charge in [-0.25, -0.2) is 0 Å². The molecule has 0 heterocycles. The number of anilines is 1. The lowest BCUT2D eigenvalue weighted by Gasteiger charge is -2.17. The third-order valence-corrected chi connectivity index (χ3v) is 3.00. The van der Waals surface area contributed by atoms with Crippen LogP contribution in [-0.4, -0.2) is 18.1 Å². The number of aromatic hydroxyl groups is 1. The summed E-state index contributed by atoms with van der Waals surface area (Å²) in [6.45, 7) is 0. The van der Waals surface area contributed by atoms with Gasteiger partial charge in [0.2, 0.25) is 5.91 Å². The molecular weight excluding hydrogens is 252 g/mol. The average Bonchev–Trinajstić information content (AvgIpc) is 2.46. The highest BCUT2D eigenvalue weighted by Gasteiger charge is 2.12. The van der Waals surface area contributed by atoms with Crippen LogP contribution in [0.2, 0.25) is 0 Å². The fourth-order valence-corrected chi connectivity index (χ4v) is 1.89. The summed E-state index contributed by atoms with van der Waals surface area (Å²) in [7, 11) is 1.67. The summed E-state index contributed by atoms with van der Waals surface area (Å²) in [5.41, 5.74) is 1.94. The van der Waals surface area contributed by atoms with Gasteiger partial charge in [0.1, 0.15) is 5.75 Å². The number of amides is 1. The Hall–Kier alpha value is -2.80. The maximum atomic E-state index is 12.2. The Morgan fingerprint density at radius 2 is 2.00 bits per heavy atom. The number of carbonyl (C=O) groups is 1. The minimum Gasteiger partial charge on any atom is -0.508 e. The van der Waals surface area contributed by atoms with E-state index in [9.17, 15) is 9.90 Å². The zero-order valence-corrected chi connectivity index (χ0v) is 11.1. The van der Waals surface area contributed by atoms with Gasteiger partial charge in [-0.2, -0.15) is 5.26 Å². The summed E-state index contributed by atoms with van der Waals surface area (Å²) in [5.74, 6) is 0.0371. The highest BCUT2D eigenvalue weighted by molar-refractivity contribution is 5.94. The van der Waals surface area contributed by atoms with E-state index in [0.717, 1.165) is 5.56 Å². The number of phenols is 1. The third kappa shape index (κ3) is 3.15. The lowest BCUT2D eigenvalue weighted by atomic mass is 10.1. The monoisotopic (exact) mass is 266 g/mol. The first-order valence-corrected chi connectivity index (χ1v) is 6.15. The van der Waals surface area contributed by atoms with Crippen LogP contribution in [0.25, 0.3) is 0 Å². The van der Waals surface area contributed by atoms with Gasteiger partial charge in [0.25, 0.3) is 0 Å². The fraction of sp³-hybridized carbons (Fsp3) is 0.125. The Labute approximate surface area is 117 Å². The van der Waals surface area contributed by atoms with Crippen LogP contribution in [-0.2, 0) is 11.2 Å². The average molecular weight is 266 g/mol. The summed E-state index contributed by atoms with van der Waals surface area (Å²) < 4.78 is 0. The van der Waals surface area contributed by atoms with E-state index in [2.05, 4.69) is 0 Å². The van der Waals surface area contributed by atoms with Crippen molar-refractivity contribution in [3.05, 3.63) is 59.7 Å². The van der Waals surface area contributed by atoms with Crippen LogP contribution >= 0.6 is 0 Å². The number of phenolic OH excluding ortho intramolecular Hbond substituents is 1. The quantitative estimate of drug-likeness (QED) is 0.928. The third-order valence-electron chi connectivity index (χ3n) is 3.00. The molecule has 2 aromatic carbocycles. The number of likely N-dealkylation sites (N-methyl/N-ethyl adjacent to an activating group) is 1. The first-order valence-electron chi connectivity index (χ1n) is 6.15. The molecule has 100 valence electrons. The predicted octanol–water partition coefficient (Wildman–Crippen LogP) is 2.47. The molecule has 1 amide bonds. The van der Waals surface area contributed by atoms with Crippen molar-refractivity contribution in [3.63, 3.8) is 0 Å². The van der Waals surface area contributed by atoms with Crippen molar-refractivity contribution in [3.8, 4) is 11.8 Å². The Bertz CT molecular complexity index is 674. The predicted molar refractivity (Wildman–Crippen MR) is 76.4 cm³/mol. The lowest BCUT2D eigenvalue weighted by Crippen LogP contribution is -2.27. The van der Waals surface area contributed by atoms with Crippen molar-refractivity contribution in [2.75, 3.05) is 11.9 Å². The molecule has 4 nitrogen and oxygen atoms in total. The van der Waals surface area contributed by atoms with E-state index in [-0.39, 0.29) is 18.1 Å². The van der Waals surface area contributed by atoms with Gasteiger partial charge in [0.05, 0.1) is 18.1 Å². The van der Waals surface area contributed by atoms with Gasteiger partial charge in [-0.15, -0.1) is 0 Å². The Balaban J connectivity index is 2.14. The molecule has 0 aliphatic rings. The van der Waals surface area contributed by atoms with Crippen LogP contribution in [0.1, 0.15) is 11.1 Å². The van der Waals surface area contributed by atoms with E-state index in [1.165, 1.54) is 4.90 Å². The van der Waals surface area contributed by atoms with Crippen LogP contribution in [0.5, 0.6) is 5.75 Å². The molecule has 0 unspecified atom stereocenters. The van der Waals surface area contributed by atoms with E-state index in [1.807, 2.05) is 6.07 Å². The number of benzene rings is 2. The van der Waals surface area contributed by atoms with E-state index in [4.69, 9.17) is 5.26 Å². The van der Waals surface area contributed by atoms with Crippen LogP contribution < -0.4 is 4.90 Å². The molecule has 0 aromatic heterocycles. The summed E-state index contributed by atoms with van der Waals surface area (Å²) >= 11 is 0. The van der Waals surface area contributed by atoms with E-state index in [0.29, 0.717) is 11.3 Å². The molecule has 0 aliphatic carbocycles. The van der Waals surface area contributed by atoms with Crippen molar-refractivity contribution in [2.45, 2.75) is 6.42 Å². The molecule has 0 saturated heterocycles. The van der Waals surface area contributed by atoms with Crippen molar-refractivity contribution in [2.24, 2.45) is 0 Å².